The monoisotopic (exact) mass is 438 g/mol. The van der Waals surface area contributed by atoms with Gasteiger partial charge in [0.15, 0.2) is 11.6 Å². The number of rotatable bonds is 9. The van der Waals surface area contributed by atoms with E-state index in [1.54, 1.807) is 34.8 Å². The van der Waals surface area contributed by atoms with Crippen LogP contribution in [0, 0.1) is 11.7 Å². The normalized spacial score (nSPS) is 10.9. The number of halogens is 1. The molecule has 6 nitrogen and oxygen atoms in total. The maximum absolute atomic E-state index is 14.3. The largest absolute Gasteiger partial charge is 0.436 e. The second-order valence-corrected chi connectivity index (χ2v) is 8.16. The summed E-state index contributed by atoms with van der Waals surface area (Å²) in [4.78, 5) is 14.7. The highest BCUT2D eigenvalue weighted by Gasteiger charge is 2.25. The average Bonchev–Trinajstić information content (AvgIpc) is 3.08. The molecule has 0 fully saturated rings. The van der Waals surface area contributed by atoms with Crippen molar-refractivity contribution < 1.29 is 13.9 Å². The van der Waals surface area contributed by atoms with Gasteiger partial charge >= 0.3 is 6.03 Å². The summed E-state index contributed by atoms with van der Waals surface area (Å²) in [6.07, 6.45) is 0.852. The number of aryl methyl sites for hydroxylation is 1. The van der Waals surface area contributed by atoms with E-state index in [0.717, 1.165) is 17.5 Å². The van der Waals surface area contributed by atoms with E-state index in [9.17, 15) is 9.18 Å². The molecule has 0 bridgehead atoms. The van der Waals surface area contributed by atoms with Crippen LogP contribution in [0.3, 0.4) is 0 Å². The van der Waals surface area contributed by atoms with Crippen molar-refractivity contribution in [1.29, 1.82) is 0 Å². The van der Waals surface area contributed by atoms with Crippen LogP contribution in [0.4, 0.5) is 9.18 Å². The summed E-state index contributed by atoms with van der Waals surface area (Å²) < 4.78 is 21.9. The molecule has 1 N–H and O–H groups in total. The minimum atomic E-state index is -0.458. The number of aromatic nitrogens is 2. The molecule has 0 aliphatic rings. The van der Waals surface area contributed by atoms with E-state index >= 15 is 0 Å². The second kappa shape index (κ2) is 10.8. The van der Waals surface area contributed by atoms with Gasteiger partial charge in [0.05, 0.1) is 12.1 Å². The van der Waals surface area contributed by atoms with Gasteiger partial charge in [0.1, 0.15) is 5.69 Å². The van der Waals surface area contributed by atoms with E-state index < -0.39 is 5.82 Å². The highest BCUT2D eigenvalue weighted by atomic mass is 19.1. The summed E-state index contributed by atoms with van der Waals surface area (Å²) in [5, 5.41) is 7.63. The molecular formula is C25H31FN4O2. The molecule has 2 aromatic carbocycles. The molecule has 1 heterocycles. The third-order valence-corrected chi connectivity index (χ3v) is 4.93. The molecule has 1 aromatic heterocycles. The van der Waals surface area contributed by atoms with E-state index in [1.807, 2.05) is 37.3 Å². The van der Waals surface area contributed by atoms with Crippen molar-refractivity contribution in [3.63, 3.8) is 0 Å². The van der Waals surface area contributed by atoms with Crippen LogP contribution in [-0.2, 0) is 13.6 Å². The van der Waals surface area contributed by atoms with Gasteiger partial charge < -0.3 is 15.0 Å². The van der Waals surface area contributed by atoms with E-state index in [0.29, 0.717) is 24.7 Å². The molecule has 0 spiro atoms. The molecule has 170 valence electrons. The molecule has 0 aliphatic heterocycles. The minimum absolute atomic E-state index is 0.113. The Morgan fingerprint density at radius 2 is 1.84 bits per heavy atom. The first-order valence-corrected chi connectivity index (χ1v) is 11.0. The highest BCUT2D eigenvalue weighted by Crippen LogP contribution is 2.35. The fourth-order valence-corrected chi connectivity index (χ4v) is 3.48. The van der Waals surface area contributed by atoms with E-state index in [4.69, 9.17) is 4.74 Å². The van der Waals surface area contributed by atoms with Gasteiger partial charge in [-0.15, -0.1) is 0 Å². The maximum Gasteiger partial charge on any atom is 0.317 e. The molecule has 32 heavy (non-hydrogen) atoms. The number of carbonyl (C=O) groups is 1. The summed E-state index contributed by atoms with van der Waals surface area (Å²) in [7, 11) is 1.76. The first kappa shape index (κ1) is 23.3. The topological polar surface area (TPSA) is 59.4 Å². The standard InChI is InChI=1S/C25H31FN4O2/c1-5-15-27-25(31)30(16-18(2)3)17-20-23(19-11-7-6-8-12-19)28-29(4)24(20)32-22-14-10-9-13-21(22)26/h6-14,18H,5,15-17H2,1-4H3,(H,27,31). The van der Waals surface area contributed by atoms with Gasteiger partial charge in [-0.3, -0.25) is 0 Å². The Morgan fingerprint density at radius 3 is 2.50 bits per heavy atom. The molecule has 2 amide bonds. The zero-order chi connectivity index (χ0) is 23.1. The number of carbonyl (C=O) groups excluding carboxylic acids is 1. The number of nitrogens with zero attached hydrogens (tertiary/aromatic N) is 3. The molecule has 0 radical (unpaired) electrons. The molecule has 3 aromatic rings. The Kier molecular flexibility index (Phi) is 7.87. The van der Waals surface area contributed by atoms with Gasteiger partial charge in [0.2, 0.25) is 5.88 Å². The Labute approximate surface area is 189 Å². The quantitative estimate of drug-likeness (QED) is 0.473. The third kappa shape index (κ3) is 5.66. The lowest BCUT2D eigenvalue weighted by Crippen LogP contribution is -2.41. The summed E-state index contributed by atoms with van der Waals surface area (Å²) in [6.45, 7) is 7.61. The molecular weight excluding hydrogens is 407 g/mol. The van der Waals surface area contributed by atoms with Crippen molar-refractivity contribution in [2.45, 2.75) is 33.7 Å². The Morgan fingerprint density at radius 1 is 1.16 bits per heavy atom. The van der Waals surface area contributed by atoms with Crippen molar-refractivity contribution in [3.05, 3.63) is 66.0 Å². The zero-order valence-electron chi connectivity index (χ0n) is 19.1. The maximum atomic E-state index is 14.3. The smallest absolute Gasteiger partial charge is 0.317 e. The number of ether oxygens (including phenoxy) is 1. The Hall–Kier alpha value is -3.35. The molecule has 0 saturated carbocycles. The minimum Gasteiger partial charge on any atom is -0.436 e. The predicted octanol–water partition coefficient (Wildman–Crippen LogP) is 5.60. The summed E-state index contributed by atoms with van der Waals surface area (Å²) in [6, 6.07) is 15.9. The lowest BCUT2D eigenvalue weighted by atomic mass is 10.1. The average molecular weight is 439 g/mol. The van der Waals surface area contributed by atoms with Crippen molar-refractivity contribution in [1.82, 2.24) is 20.0 Å². The zero-order valence-corrected chi connectivity index (χ0v) is 19.1. The van der Waals surface area contributed by atoms with Gasteiger partial charge in [0, 0.05) is 25.7 Å². The predicted molar refractivity (Wildman–Crippen MR) is 124 cm³/mol. The molecule has 3 rings (SSSR count). The van der Waals surface area contributed by atoms with E-state index in [-0.39, 0.29) is 24.2 Å². The van der Waals surface area contributed by atoms with Gasteiger partial charge in [-0.25, -0.2) is 13.9 Å². The number of benzene rings is 2. The van der Waals surface area contributed by atoms with E-state index in [2.05, 4.69) is 24.3 Å². The number of amides is 2. The lowest BCUT2D eigenvalue weighted by Gasteiger charge is -2.25. The van der Waals surface area contributed by atoms with Crippen LogP contribution in [0.5, 0.6) is 11.6 Å². The van der Waals surface area contributed by atoms with Crippen LogP contribution in [0.15, 0.2) is 54.6 Å². The molecule has 0 saturated heterocycles. The molecule has 7 heteroatoms. The molecule has 0 unspecified atom stereocenters. The van der Waals surface area contributed by atoms with Crippen molar-refractivity contribution in [3.8, 4) is 22.9 Å². The van der Waals surface area contributed by atoms with Crippen molar-refractivity contribution in [2.75, 3.05) is 13.1 Å². The highest BCUT2D eigenvalue weighted by molar-refractivity contribution is 5.75. The summed E-state index contributed by atoms with van der Waals surface area (Å²) in [5.74, 6) is 0.337. The van der Waals surface area contributed by atoms with Gasteiger partial charge in [-0.1, -0.05) is 63.2 Å². The van der Waals surface area contributed by atoms with Crippen LogP contribution in [0.1, 0.15) is 32.8 Å². The van der Waals surface area contributed by atoms with Crippen LogP contribution >= 0.6 is 0 Å². The number of para-hydroxylation sites is 1. The Bertz CT molecular complexity index is 1030. The Balaban J connectivity index is 2.05. The summed E-state index contributed by atoms with van der Waals surface area (Å²) in [5.41, 5.74) is 2.34. The van der Waals surface area contributed by atoms with E-state index in [1.165, 1.54) is 6.07 Å². The molecule has 0 aliphatic carbocycles. The van der Waals surface area contributed by atoms with Crippen molar-refractivity contribution in [2.24, 2.45) is 13.0 Å². The van der Waals surface area contributed by atoms with Gasteiger partial charge in [0.25, 0.3) is 0 Å². The first-order chi connectivity index (χ1) is 15.4. The SMILES string of the molecule is CCCNC(=O)N(Cc1c(-c2ccccc2)nn(C)c1Oc1ccccc1F)CC(C)C. The number of nitrogens with one attached hydrogen (secondary N) is 1. The third-order valence-electron chi connectivity index (χ3n) is 4.93. The molecule has 0 atom stereocenters. The first-order valence-electron chi connectivity index (χ1n) is 11.0. The lowest BCUT2D eigenvalue weighted by molar-refractivity contribution is 0.187. The van der Waals surface area contributed by atoms with Crippen LogP contribution in [0.2, 0.25) is 0 Å². The van der Waals surface area contributed by atoms with Crippen LogP contribution < -0.4 is 10.1 Å². The van der Waals surface area contributed by atoms with Crippen LogP contribution in [0.25, 0.3) is 11.3 Å². The number of hydrogen-bond acceptors (Lipinski definition) is 3. The fourth-order valence-electron chi connectivity index (χ4n) is 3.48. The van der Waals surface area contributed by atoms with Gasteiger partial charge in [-0.05, 0) is 24.5 Å². The fraction of sp³-hybridized carbons (Fsp3) is 0.360. The van der Waals surface area contributed by atoms with Crippen LogP contribution in [-0.4, -0.2) is 33.8 Å². The summed E-state index contributed by atoms with van der Waals surface area (Å²) >= 11 is 0. The number of urea groups is 1. The van der Waals surface area contributed by atoms with Gasteiger partial charge in [-0.2, -0.15) is 5.10 Å². The van der Waals surface area contributed by atoms with Crippen molar-refractivity contribution >= 4 is 6.03 Å². The second-order valence-electron chi connectivity index (χ2n) is 8.16. The number of hydrogen-bond donors (Lipinski definition) is 1.